The summed E-state index contributed by atoms with van der Waals surface area (Å²) in [7, 11) is -2.48. The summed E-state index contributed by atoms with van der Waals surface area (Å²) in [5, 5.41) is 21.5. The highest BCUT2D eigenvalue weighted by Gasteiger charge is 2.30. The standard InChI is InChI=1S/C26H44N6O6S/c1-19-11-12-23(33)29-14-7-6-10-22(26(36)28-2)31-24(34)18-32(39(37,38)15-13-27)17-21(30-25(19)35)16-20-8-4-3-5-9-20/h3-5,8-9,19,21-23,29,33H,6-7,10-18,27H2,1-2H3,(H,28,36)(H,30,35)(H,31,34). The van der Waals surface area contributed by atoms with E-state index in [-0.39, 0.29) is 30.7 Å². The van der Waals surface area contributed by atoms with Crippen LogP contribution in [0.4, 0.5) is 0 Å². The van der Waals surface area contributed by atoms with Crippen LogP contribution >= 0.6 is 0 Å². The van der Waals surface area contributed by atoms with Crippen LogP contribution in [0.2, 0.25) is 0 Å². The minimum atomic E-state index is -3.95. The minimum absolute atomic E-state index is 0.134. The van der Waals surface area contributed by atoms with E-state index in [2.05, 4.69) is 21.3 Å². The molecule has 1 aromatic carbocycles. The number of nitrogens with two attached hydrogens (primary N) is 1. The van der Waals surface area contributed by atoms with E-state index >= 15 is 0 Å². The normalized spacial score (nSPS) is 25.5. The van der Waals surface area contributed by atoms with Crippen molar-refractivity contribution in [3.63, 3.8) is 0 Å². The van der Waals surface area contributed by atoms with Crippen molar-refractivity contribution < 1.29 is 27.9 Å². The van der Waals surface area contributed by atoms with E-state index in [1.54, 1.807) is 6.92 Å². The van der Waals surface area contributed by atoms with Crippen LogP contribution in [0.25, 0.3) is 0 Å². The zero-order valence-corrected chi connectivity index (χ0v) is 23.7. The van der Waals surface area contributed by atoms with Gasteiger partial charge < -0.3 is 26.8 Å². The lowest BCUT2D eigenvalue weighted by atomic mass is 10.0. The average molecular weight is 569 g/mol. The molecule has 0 bridgehead atoms. The monoisotopic (exact) mass is 568 g/mol. The molecular formula is C26H44N6O6S. The number of carbonyl (C=O) groups is 3. The molecule has 0 saturated carbocycles. The Balaban J connectivity index is 2.37. The summed E-state index contributed by atoms with van der Waals surface area (Å²) in [6.45, 7) is 1.46. The second-order valence-electron chi connectivity index (χ2n) is 9.97. The van der Waals surface area contributed by atoms with Crippen molar-refractivity contribution >= 4 is 27.7 Å². The highest BCUT2D eigenvalue weighted by Crippen LogP contribution is 2.13. The first-order chi connectivity index (χ1) is 18.6. The molecule has 1 heterocycles. The number of sulfonamides is 1. The maximum absolute atomic E-state index is 13.1. The third-order valence-corrected chi connectivity index (χ3v) is 8.52. The van der Waals surface area contributed by atoms with Gasteiger partial charge in [0.05, 0.1) is 12.3 Å². The zero-order chi connectivity index (χ0) is 28.8. The van der Waals surface area contributed by atoms with Crippen molar-refractivity contribution in [1.82, 2.24) is 25.6 Å². The molecule has 0 aliphatic carbocycles. The van der Waals surface area contributed by atoms with E-state index in [9.17, 15) is 27.9 Å². The second kappa shape index (κ2) is 16.5. The van der Waals surface area contributed by atoms with Gasteiger partial charge in [-0.2, -0.15) is 4.31 Å². The van der Waals surface area contributed by atoms with E-state index in [0.717, 1.165) is 9.87 Å². The lowest BCUT2D eigenvalue weighted by molar-refractivity contribution is -0.129. The molecule has 220 valence electrons. The Morgan fingerprint density at radius 1 is 1.13 bits per heavy atom. The summed E-state index contributed by atoms with van der Waals surface area (Å²) >= 11 is 0. The van der Waals surface area contributed by atoms with Crippen LogP contribution in [0.5, 0.6) is 0 Å². The quantitative estimate of drug-likeness (QED) is 0.254. The summed E-state index contributed by atoms with van der Waals surface area (Å²) in [5.41, 5.74) is 6.45. The largest absolute Gasteiger partial charge is 0.379 e. The van der Waals surface area contributed by atoms with Gasteiger partial charge in [0.15, 0.2) is 0 Å². The summed E-state index contributed by atoms with van der Waals surface area (Å²) < 4.78 is 27.3. The SMILES string of the molecule is CNC(=O)C1CCCCNC(O)CCC(C)C(=O)NC(Cc2ccccc2)CN(S(=O)(=O)CCN)CC(=O)N1. The van der Waals surface area contributed by atoms with Gasteiger partial charge in [-0.15, -0.1) is 0 Å². The Morgan fingerprint density at radius 3 is 2.51 bits per heavy atom. The highest BCUT2D eigenvalue weighted by molar-refractivity contribution is 7.89. The van der Waals surface area contributed by atoms with Gasteiger partial charge in [-0.1, -0.05) is 37.3 Å². The molecule has 1 aliphatic rings. The Hall–Kier alpha value is -2.58. The summed E-state index contributed by atoms with van der Waals surface area (Å²) in [6, 6.07) is 7.84. The summed E-state index contributed by atoms with van der Waals surface area (Å²) in [4.78, 5) is 38.5. The molecule has 2 rings (SSSR count). The lowest BCUT2D eigenvalue weighted by Crippen LogP contribution is -2.53. The van der Waals surface area contributed by atoms with Crippen molar-refractivity contribution in [2.75, 3.05) is 39.0 Å². The van der Waals surface area contributed by atoms with Gasteiger partial charge in [-0.3, -0.25) is 19.7 Å². The fourth-order valence-corrected chi connectivity index (χ4v) is 5.71. The first kappa shape index (κ1) is 32.6. The number of rotatable bonds is 6. The molecule has 4 unspecified atom stereocenters. The molecule has 39 heavy (non-hydrogen) atoms. The molecule has 1 aromatic rings. The number of likely N-dealkylation sites (N-methyl/N-ethyl adjacent to an activating group) is 1. The van der Waals surface area contributed by atoms with Gasteiger partial charge in [0.25, 0.3) is 0 Å². The van der Waals surface area contributed by atoms with E-state index in [0.29, 0.717) is 45.1 Å². The summed E-state index contributed by atoms with van der Waals surface area (Å²) in [5.74, 6) is -2.08. The number of aliphatic hydroxyl groups is 1. The predicted octanol–water partition coefficient (Wildman–Crippen LogP) is -0.957. The van der Waals surface area contributed by atoms with E-state index in [1.807, 2.05) is 30.3 Å². The van der Waals surface area contributed by atoms with Gasteiger partial charge in [-0.05, 0) is 50.6 Å². The van der Waals surface area contributed by atoms with Gasteiger partial charge in [0, 0.05) is 32.1 Å². The number of hydrogen-bond donors (Lipinski definition) is 6. The Kier molecular flexibility index (Phi) is 13.8. The van der Waals surface area contributed by atoms with Crippen LogP contribution in [0.15, 0.2) is 30.3 Å². The van der Waals surface area contributed by atoms with Crippen molar-refractivity contribution in [3.05, 3.63) is 35.9 Å². The third-order valence-electron chi connectivity index (χ3n) is 6.70. The molecule has 0 radical (unpaired) electrons. The average Bonchev–Trinajstić information content (AvgIpc) is 2.89. The molecule has 1 aliphatic heterocycles. The number of hydrogen-bond acceptors (Lipinski definition) is 8. The molecule has 7 N–H and O–H groups in total. The van der Waals surface area contributed by atoms with E-state index in [1.165, 1.54) is 7.05 Å². The Morgan fingerprint density at radius 2 is 1.85 bits per heavy atom. The maximum Gasteiger partial charge on any atom is 0.242 e. The fraction of sp³-hybridized carbons (Fsp3) is 0.654. The molecule has 1 fully saturated rings. The molecule has 3 amide bonds. The Bertz CT molecular complexity index is 1030. The molecular weight excluding hydrogens is 524 g/mol. The zero-order valence-electron chi connectivity index (χ0n) is 22.9. The molecule has 13 heteroatoms. The van der Waals surface area contributed by atoms with Crippen LogP contribution in [0.1, 0.15) is 44.6 Å². The lowest BCUT2D eigenvalue weighted by Gasteiger charge is -2.29. The van der Waals surface area contributed by atoms with E-state index < -0.39 is 46.7 Å². The second-order valence-corrected chi connectivity index (χ2v) is 12.1. The first-order valence-corrected chi connectivity index (χ1v) is 15.1. The van der Waals surface area contributed by atoms with Crippen LogP contribution in [0.3, 0.4) is 0 Å². The van der Waals surface area contributed by atoms with Crippen molar-refractivity contribution in [2.45, 2.75) is 63.8 Å². The van der Waals surface area contributed by atoms with Gasteiger partial charge in [0.2, 0.25) is 27.7 Å². The third kappa shape index (κ3) is 11.6. The van der Waals surface area contributed by atoms with Gasteiger partial charge in [0.1, 0.15) is 12.3 Å². The smallest absolute Gasteiger partial charge is 0.242 e. The molecule has 0 aromatic heterocycles. The number of benzene rings is 1. The minimum Gasteiger partial charge on any atom is -0.379 e. The maximum atomic E-state index is 13.1. The Labute approximate surface area is 231 Å². The topological polar surface area (TPSA) is 183 Å². The first-order valence-electron chi connectivity index (χ1n) is 13.5. The predicted molar refractivity (Wildman–Crippen MR) is 149 cm³/mol. The fourth-order valence-electron chi connectivity index (χ4n) is 4.43. The number of nitrogens with zero attached hydrogens (tertiary/aromatic N) is 1. The number of carbonyl (C=O) groups excluding carboxylic acids is 3. The highest BCUT2D eigenvalue weighted by atomic mass is 32.2. The molecule has 12 nitrogen and oxygen atoms in total. The number of nitrogens with one attached hydrogen (secondary N) is 4. The molecule has 1 saturated heterocycles. The summed E-state index contributed by atoms with van der Waals surface area (Å²) in [6.07, 6.45) is 1.93. The van der Waals surface area contributed by atoms with Gasteiger partial charge >= 0.3 is 0 Å². The number of amides is 3. The van der Waals surface area contributed by atoms with Gasteiger partial charge in [-0.25, -0.2) is 8.42 Å². The van der Waals surface area contributed by atoms with Crippen molar-refractivity contribution in [2.24, 2.45) is 11.7 Å². The van der Waals surface area contributed by atoms with Crippen LogP contribution in [-0.4, -0.2) is 92.8 Å². The number of aliphatic hydroxyl groups excluding tert-OH is 1. The molecule has 4 atom stereocenters. The van der Waals surface area contributed by atoms with Crippen molar-refractivity contribution in [3.8, 4) is 0 Å². The van der Waals surface area contributed by atoms with Crippen LogP contribution in [-0.2, 0) is 30.8 Å². The van der Waals surface area contributed by atoms with Crippen LogP contribution in [0, 0.1) is 5.92 Å². The van der Waals surface area contributed by atoms with E-state index in [4.69, 9.17) is 5.73 Å². The van der Waals surface area contributed by atoms with Crippen molar-refractivity contribution in [1.29, 1.82) is 0 Å². The molecule has 0 spiro atoms. The van der Waals surface area contributed by atoms with Crippen LogP contribution < -0.4 is 27.0 Å².